The van der Waals surface area contributed by atoms with Gasteiger partial charge >= 0.3 is 5.97 Å². The van der Waals surface area contributed by atoms with Crippen LogP contribution in [0.4, 0.5) is 0 Å². The Morgan fingerprint density at radius 2 is 2.05 bits per heavy atom. The smallest absolute Gasteiger partial charge is 0.344 e. The quantitative estimate of drug-likeness (QED) is 0.763. The van der Waals surface area contributed by atoms with Crippen molar-refractivity contribution in [2.24, 2.45) is 5.73 Å². The lowest BCUT2D eigenvalue weighted by Crippen LogP contribution is -2.23. The molecule has 1 aromatic carbocycles. The van der Waals surface area contributed by atoms with E-state index in [1.165, 1.54) is 6.92 Å². The molecule has 0 fully saturated rings. The molecule has 0 saturated carbocycles. The third-order valence-corrected chi connectivity index (χ3v) is 2.98. The highest BCUT2D eigenvalue weighted by Crippen LogP contribution is 2.30. The van der Waals surface area contributed by atoms with Gasteiger partial charge in [0.05, 0.1) is 6.61 Å². The number of ether oxygens (including phenoxy) is 2. The van der Waals surface area contributed by atoms with Crippen LogP contribution in [0.3, 0.4) is 0 Å². The van der Waals surface area contributed by atoms with E-state index in [1.807, 2.05) is 26.0 Å². The van der Waals surface area contributed by atoms with Gasteiger partial charge in [-0.3, -0.25) is 0 Å². The monoisotopic (exact) mass is 281 g/mol. The molecule has 0 heterocycles. The number of carboxylic acid groups (broad SMARTS) is 1. The molecular formula is C15H23NO4. The molecule has 0 aliphatic carbocycles. The van der Waals surface area contributed by atoms with Gasteiger partial charge in [0.1, 0.15) is 0 Å². The topological polar surface area (TPSA) is 81.8 Å². The second-order valence-electron chi connectivity index (χ2n) is 4.68. The van der Waals surface area contributed by atoms with Crippen LogP contribution in [0.5, 0.6) is 11.5 Å². The Bertz CT molecular complexity index is 447. The molecule has 0 aliphatic rings. The normalized spacial score (nSPS) is 13.6. The van der Waals surface area contributed by atoms with Crippen LogP contribution in [0.15, 0.2) is 18.2 Å². The number of carboxylic acids is 1. The Hall–Kier alpha value is -1.75. The van der Waals surface area contributed by atoms with Gasteiger partial charge in [0.2, 0.25) is 0 Å². The number of benzene rings is 1. The number of hydrogen-bond acceptors (Lipinski definition) is 4. The lowest BCUT2D eigenvalue weighted by atomic mass is 10.0. The van der Waals surface area contributed by atoms with Gasteiger partial charge in [0.15, 0.2) is 17.6 Å². The molecule has 1 aromatic rings. The maximum absolute atomic E-state index is 10.8. The van der Waals surface area contributed by atoms with Crippen molar-refractivity contribution in [2.75, 3.05) is 6.61 Å². The molecule has 0 radical (unpaired) electrons. The van der Waals surface area contributed by atoms with E-state index >= 15 is 0 Å². The zero-order chi connectivity index (χ0) is 15.1. The summed E-state index contributed by atoms with van der Waals surface area (Å²) in [5.41, 5.74) is 6.99. The third-order valence-electron chi connectivity index (χ3n) is 2.98. The Morgan fingerprint density at radius 3 is 2.60 bits per heavy atom. The first-order valence-corrected chi connectivity index (χ1v) is 6.88. The van der Waals surface area contributed by atoms with E-state index in [4.69, 9.17) is 20.3 Å². The predicted octanol–water partition coefficient (Wildman–Crippen LogP) is 2.22. The summed E-state index contributed by atoms with van der Waals surface area (Å²) in [6, 6.07) is 5.60. The van der Waals surface area contributed by atoms with Crippen LogP contribution in [-0.4, -0.2) is 29.8 Å². The van der Waals surface area contributed by atoms with Crippen molar-refractivity contribution in [2.45, 2.75) is 45.8 Å². The Morgan fingerprint density at radius 1 is 1.35 bits per heavy atom. The van der Waals surface area contributed by atoms with E-state index in [0.717, 1.165) is 18.4 Å². The highest BCUT2D eigenvalue weighted by atomic mass is 16.5. The lowest BCUT2D eigenvalue weighted by Gasteiger charge is -2.16. The van der Waals surface area contributed by atoms with Gasteiger partial charge in [-0.2, -0.15) is 0 Å². The van der Waals surface area contributed by atoms with Crippen LogP contribution in [0.2, 0.25) is 0 Å². The highest BCUT2D eigenvalue weighted by Gasteiger charge is 2.16. The van der Waals surface area contributed by atoms with Crippen LogP contribution in [-0.2, 0) is 11.2 Å². The zero-order valence-electron chi connectivity index (χ0n) is 12.3. The molecule has 0 bridgehead atoms. The van der Waals surface area contributed by atoms with Crippen LogP contribution in [0.1, 0.15) is 32.8 Å². The van der Waals surface area contributed by atoms with Crippen molar-refractivity contribution >= 4 is 5.97 Å². The Labute approximate surface area is 119 Å². The number of rotatable bonds is 8. The van der Waals surface area contributed by atoms with E-state index in [-0.39, 0.29) is 6.04 Å². The maximum atomic E-state index is 10.8. The van der Waals surface area contributed by atoms with Gasteiger partial charge in [-0.1, -0.05) is 13.0 Å². The second-order valence-corrected chi connectivity index (χ2v) is 4.68. The van der Waals surface area contributed by atoms with E-state index in [1.54, 1.807) is 6.07 Å². The summed E-state index contributed by atoms with van der Waals surface area (Å²) < 4.78 is 10.9. The number of nitrogens with two attached hydrogens (primary N) is 1. The van der Waals surface area contributed by atoms with Gasteiger partial charge in [0, 0.05) is 6.04 Å². The molecule has 0 aromatic heterocycles. The van der Waals surface area contributed by atoms with E-state index < -0.39 is 12.1 Å². The van der Waals surface area contributed by atoms with Crippen LogP contribution in [0.25, 0.3) is 0 Å². The fourth-order valence-corrected chi connectivity index (χ4v) is 1.73. The highest BCUT2D eigenvalue weighted by molar-refractivity contribution is 5.72. The third kappa shape index (κ3) is 4.74. The zero-order valence-corrected chi connectivity index (χ0v) is 12.3. The van der Waals surface area contributed by atoms with E-state index in [9.17, 15) is 4.79 Å². The van der Waals surface area contributed by atoms with Crippen molar-refractivity contribution in [3.63, 3.8) is 0 Å². The van der Waals surface area contributed by atoms with E-state index in [0.29, 0.717) is 18.1 Å². The van der Waals surface area contributed by atoms with Gasteiger partial charge < -0.3 is 20.3 Å². The van der Waals surface area contributed by atoms with Crippen LogP contribution >= 0.6 is 0 Å². The summed E-state index contributed by atoms with van der Waals surface area (Å²) in [4.78, 5) is 10.8. The minimum atomic E-state index is -1.01. The molecule has 2 atom stereocenters. The summed E-state index contributed by atoms with van der Waals surface area (Å²) in [6.45, 7) is 5.88. The fourth-order valence-electron chi connectivity index (χ4n) is 1.73. The van der Waals surface area contributed by atoms with Gasteiger partial charge in [-0.25, -0.2) is 4.79 Å². The molecular weight excluding hydrogens is 258 g/mol. The molecule has 0 aliphatic heterocycles. The molecule has 0 spiro atoms. The molecule has 20 heavy (non-hydrogen) atoms. The lowest BCUT2D eigenvalue weighted by molar-refractivity contribution is -0.144. The SMILES string of the molecule is CCOc1cc(CC(N)CC)ccc1OC(C)C(=O)O. The van der Waals surface area contributed by atoms with Crippen molar-refractivity contribution in [1.29, 1.82) is 0 Å². The fraction of sp³-hybridized carbons (Fsp3) is 0.533. The number of carbonyl (C=O) groups is 1. The molecule has 112 valence electrons. The summed E-state index contributed by atoms with van der Waals surface area (Å²) in [6.07, 6.45) is 0.738. The minimum absolute atomic E-state index is 0.106. The first-order valence-electron chi connectivity index (χ1n) is 6.88. The molecule has 0 amide bonds. The van der Waals surface area contributed by atoms with Crippen LogP contribution in [0, 0.1) is 0 Å². The number of hydrogen-bond donors (Lipinski definition) is 2. The summed E-state index contributed by atoms with van der Waals surface area (Å²) in [5.74, 6) is -0.0125. The van der Waals surface area contributed by atoms with Gasteiger partial charge in [0.25, 0.3) is 0 Å². The minimum Gasteiger partial charge on any atom is -0.490 e. The van der Waals surface area contributed by atoms with Gasteiger partial charge in [-0.05, 0) is 44.4 Å². The molecule has 3 N–H and O–H groups in total. The maximum Gasteiger partial charge on any atom is 0.344 e. The summed E-state index contributed by atoms with van der Waals surface area (Å²) >= 11 is 0. The van der Waals surface area contributed by atoms with Gasteiger partial charge in [-0.15, -0.1) is 0 Å². The van der Waals surface area contributed by atoms with Crippen molar-refractivity contribution in [1.82, 2.24) is 0 Å². The summed E-state index contributed by atoms with van der Waals surface area (Å²) in [7, 11) is 0. The average Bonchev–Trinajstić information content (AvgIpc) is 2.41. The molecule has 2 unspecified atom stereocenters. The Balaban J connectivity index is 2.92. The predicted molar refractivity (Wildman–Crippen MR) is 77.3 cm³/mol. The first kappa shape index (κ1) is 16.3. The average molecular weight is 281 g/mol. The summed E-state index contributed by atoms with van der Waals surface area (Å²) in [5, 5.41) is 8.89. The number of aliphatic carboxylic acids is 1. The van der Waals surface area contributed by atoms with Crippen molar-refractivity contribution in [3.05, 3.63) is 23.8 Å². The molecule has 1 rings (SSSR count). The molecule has 5 heteroatoms. The standard InChI is InChI=1S/C15H23NO4/c1-4-12(16)8-11-6-7-13(14(9-11)19-5-2)20-10(3)15(17)18/h6-7,9-10,12H,4-5,8,16H2,1-3H3,(H,17,18). The Kier molecular flexibility index (Phi) is 6.31. The first-order chi connectivity index (χ1) is 9.47. The van der Waals surface area contributed by atoms with Crippen LogP contribution < -0.4 is 15.2 Å². The van der Waals surface area contributed by atoms with Crippen molar-refractivity contribution in [3.8, 4) is 11.5 Å². The molecule has 0 saturated heterocycles. The largest absolute Gasteiger partial charge is 0.490 e. The van der Waals surface area contributed by atoms with Crippen molar-refractivity contribution < 1.29 is 19.4 Å². The second kappa shape index (κ2) is 7.75. The van der Waals surface area contributed by atoms with E-state index in [2.05, 4.69) is 0 Å². The molecule has 5 nitrogen and oxygen atoms in total.